The van der Waals surface area contributed by atoms with Crippen molar-refractivity contribution in [2.75, 3.05) is 13.1 Å². The Hall–Kier alpha value is -0.570. The Kier molecular flexibility index (Phi) is 4.58. The van der Waals surface area contributed by atoms with Crippen molar-refractivity contribution in [2.24, 2.45) is 11.8 Å². The molecule has 1 aliphatic rings. The van der Waals surface area contributed by atoms with E-state index in [2.05, 4.69) is 25.7 Å². The molecule has 1 fully saturated rings. The highest BCUT2D eigenvalue weighted by Gasteiger charge is 2.33. The Morgan fingerprint density at radius 1 is 1.47 bits per heavy atom. The molecule has 0 aliphatic carbocycles. The third-order valence-electron chi connectivity index (χ3n) is 3.30. The van der Waals surface area contributed by atoms with Gasteiger partial charge in [0, 0.05) is 19.1 Å². The van der Waals surface area contributed by atoms with Gasteiger partial charge in [-0.1, -0.05) is 27.2 Å². The first-order chi connectivity index (χ1) is 7.04. The summed E-state index contributed by atoms with van der Waals surface area (Å²) >= 11 is 0. The molecule has 0 radical (unpaired) electrons. The van der Waals surface area contributed by atoms with E-state index in [1.54, 1.807) is 0 Å². The molecule has 1 rings (SSSR count). The highest BCUT2D eigenvalue weighted by atomic mass is 16.4. The second-order valence-electron chi connectivity index (χ2n) is 5.02. The summed E-state index contributed by atoms with van der Waals surface area (Å²) in [7, 11) is 0. The summed E-state index contributed by atoms with van der Waals surface area (Å²) in [5.74, 6) is 0.571. The minimum absolute atomic E-state index is 0.232. The van der Waals surface area contributed by atoms with Crippen LogP contribution >= 0.6 is 0 Å². The molecule has 15 heavy (non-hydrogen) atoms. The van der Waals surface area contributed by atoms with Gasteiger partial charge in [0.1, 0.15) is 0 Å². The van der Waals surface area contributed by atoms with Crippen molar-refractivity contribution in [3.8, 4) is 0 Å². The van der Waals surface area contributed by atoms with Crippen molar-refractivity contribution in [3.05, 3.63) is 0 Å². The van der Waals surface area contributed by atoms with E-state index in [-0.39, 0.29) is 12.5 Å². The van der Waals surface area contributed by atoms with Gasteiger partial charge in [-0.3, -0.25) is 9.69 Å². The van der Waals surface area contributed by atoms with Gasteiger partial charge in [-0.05, 0) is 18.3 Å². The largest absolute Gasteiger partial charge is 0.481 e. The highest BCUT2D eigenvalue weighted by molar-refractivity contribution is 5.67. The van der Waals surface area contributed by atoms with Crippen LogP contribution in [0.5, 0.6) is 0 Å². The summed E-state index contributed by atoms with van der Waals surface area (Å²) in [5.41, 5.74) is 0. The topological polar surface area (TPSA) is 40.5 Å². The molecule has 0 aromatic carbocycles. The lowest BCUT2D eigenvalue weighted by Gasteiger charge is -2.45. The first-order valence-corrected chi connectivity index (χ1v) is 6.00. The molecule has 0 spiro atoms. The fourth-order valence-electron chi connectivity index (χ4n) is 2.44. The molecule has 1 unspecified atom stereocenters. The molecule has 1 heterocycles. The van der Waals surface area contributed by atoms with Gasteiger partial charge >= 0.3 is 5.97 Å². The van der Waals surface area contributed by atoms with E-state index in [9.17, 15) is 4.79 Å². The number of hydrogen-bond acceptors (Lipinski definition) is 2. The van der Waals surface area contributed by atoms with Crippen molar-refractivity contribution in [2.45, 2.75) is 46.1 Å². The summed E-state index contributed by atoms with van der Waals surface area (Å²) < 4.78 is 0. The molecule has 1 aliphatic heterocycles. The van der Waals surface area contributed by atoms with E-state index < -0.39 is 5.97 Å². The van der Waals surface area contributed by atoms with Crippen LogP contribution in [-0.2, 0) is 4.79 Å². The van der Waals surface area contributed by atoms with Crippen molar-refractivity contribution in [3.63, 3.8) is 0 Å². The maximum Gasteiger partial charge on any atom is 0.304 e. The molecule has 1 atom stereocenters. The average Bonchev–Trinajstić information content (AvgIpc) is 2.06. The fourth-order valence-corrected chi connectivity index (χ4v) is 2.44. The first kappa shape index (κ1) is 12.5. The third kappa shape index (κ3) is 3.49. The Labute approximate surface area is 92.5 Å². The summed E-state index contributed by atoms with van der Waals surface area (Å²) in [5, 5.41) is 8.84. The number of carboxylic acids is 1. The van der Waals surface area contributed by atoms with Crippen molar-refractivity contribution in [1.82, 2.24) is 4.90 Å². The van der Waals surface area contributed by atoms with Gasteiger partial charge in [0.2, 0.25) is 0 Å². The van der Waals surface area contributed by atoms with Crippen LogP contribution in [0, 0.1) is 11.8 Å². The second-order valence-corrected chi connectivity index (χ2v) is 5.02. The van der Waals surface area contributed by atoms with E-state index >= 15 is 0 Å². The van der Waals surface area contributed by atoms with E-state index in [1.165, 1.54) is 12.8 Å². The minimum atomic E-state index is -0.673. The monoisotopic (exact) mass is 213 g/mol. The van der Waals surface area contributed by atoms with E-state index in [0.29, 0.717) is 5.92 Å². The molecular formula is C12H23NO2. The van der Waals surface area contributed by atoms with Crippen molar-refractivity contribution < 1.29 is 9.90 Å². The zero-order valence-electron chi connectivity index (χ0n) is 10.1. The Morgan fingerprint density at radius 2 is 2.07 bits per heavy atom. The average molecular weight is 213 g/mol. The van der Waals surface area contributed by atoms with Gasteiger partial charge in [0.15, 0.2) is 0 Å². The smallest absolute Gasteiger partial charge is 0.304 e. The summed E-state index contributed by atoms with van der Waals surface area (Å²) in [4.78, 5) is 13.1. The molecular weight excluding hydrogens is 190 g/mol. The zero-order valence-corrected chi connectivity index (χ0v) is 10.1. The molecule has 0 bridgehead atoms. The number of carboxylic acid groups (broad SMARTS) is 1. The predicted molar refractivity (Wildman–Crippen MR) is 60.8 cm³/mol. The maximum absolute atomic E-state index is 10.7. The third-order valence-corrected chi connectivity index (χ3v) is 3.30. The quantitative estimate of drug-likeness (QED) is 0.735. The first-order valence-electron chi connectivity index (χ1n) is 6.00. The van der Waals surface area contributed by atoms with E-state index in [0.717, 1.165) is 19.0 Å². The van der Waals surface area contributed by atoms with Crippen LogP contribution in [0.25, 0.3) is 0 Å². The molecule has 0 aromatic heterocycles. The Morgan fingerprint density at radius 3 is 2.47 bits per heavy atom. The summed E-state index contributed by atoms with van der Waals surface area (Å²) in [6.07, 6.45) is 2.81. The standard InChI is InChI=1S/C12H23NO2/c1-4-5-10-7-13(8-10)11(9(2)3)6-12(14)15/h9-11H,4-8H2,1-3H3,(H,14,15). The maximum atomic E-state index is 10.7. The van der Waals surface area contributed by atoms with Crippen LogP contribution in [0.4, 0.5) is 0 Å². The molecule has 88 valence electrons. The van der Waals surface area contributed by atoms with Gasteiger partial charge in [0.05, 0.1) is 6.42 Å². The zero-order chi connectivity index (χ0) is 11.4. The molecule has 0 amide bonds. The van der Waals surface area contributed by atoms with Crippen molar-refractivity contribution >= 4 is 5.97 Å². The van der Waals surface area contributed by atoms with Crippen LogP contribution in [0.2, 0.25) is 0 Å². The van der Waals surface area contributed by atoms with E-state index in [1.807, 2.05) is 0 Å². The summed E-state index contributed by atoms with van der Waals surface area (Å²) in [6, 6.07) is 0.232. The lowest BCUT2D eigenvalue weighted by molar-refractivity contribution is -0.139. The normalized spacial score (nSPS) is 20.3. The number of carbonyl (C=O) groups is 1. The number of hydrogen-bond donors (Lipinski definition) is 1. The summed E-state index contributed by atoms with van der Waals surface area (Å²) in [6.45, 7) is 8.63. The molecule has 0 aromatic rings. The number of aliphatic carboxylic acids is 1. The molecule has 1 saturated heterocycles. The van der Waals surface area contributed by atoms with Crippen molar-refractivity contribution in [1.29, 1.82) is 0 Å². The van der Waals surface area contributed by atoms with Gasteiger partial charge in [-0.2, -0.15) is 0 Å². The van der Waals surface area contributed by atoms with Crippen LogP contribution in [0.15, 0.2) is 0 Å². The van der Waals surface area contributed by atoms with Gasteiger partial charge in [0.25, 0.3) is 0 Å². The van der Waals surface area contributed by atoms with Crippen LogP contribution < -0.4 is 0 Å². The highest BCUT2D eigenvalue weighted by Crippen LogP contribution is 2.27. The van der Waals surface area contributed by atoms with E-state index in [4.69, 9.17) is 5.11 Å². The Bertz CT molecular complexity index is 210. The second kappa shape index (κ2) is 5.50. The Balaban J connectivity index is 2.36. The molecule has 1 N–H and O–H groups in total. The molecule has 3 heteroatoms. The predicted octanol–water partition coefficient (Wildman–Crippen LogP) is 2.22. The molecule has 3 nitrogen and oxygen atoms in total. The lowest BCUT2D eigenvalue weighted by Crippen LogP contribution is -2.54. The number of nitrogens with zero attached hydrogens (tertiary/aromatic N) is 1. The molecule has 0 saturated carbocycles. The minimum Gasteiger partial charge on any atom is -0.481 e. The van der Waals surface area contributed by atoms with Crippen LogP contribution in [0.1, 0.15) is 40.0 Å². The number of rotatable bonds is 6. The number of likely N-dealkylation sites (tertiary alicyclic amines) is 1. The van der Waals surface area contributed by atoms with Crippen LogP contribution in [-0.4, -0.2) is 35.1 Å². The fraction of sp³-hybridized carbons (Fsp3) is 0.917. The van der Waals surface area contributed by atoms with Gasteiger partial charge in [-0.25, -0.2) is 0 Å². The van der Waals surface area contributed by atoms with Crippen LogP contribution in [0.3, 0.4) is 0 Å². The lowest BCUT2D eigenvalue weighted by atomic mass is 9.89. The van der Waals surface area contributed by atoms with Gasteiger partial charge in [-0.15, -0.1) is 0 Å². The SMILES string of the molecule is CCCC1CN(C(CC(=O)O)C(C)C)C1. The van der Waals surface area contributed by atoms with Gasteiger partial charge < -0.3 is 5.11 Å².